The zero-order valence-electron chi connectivity index (χ0n) is 31.3. The first-order valence-corrected chi connectivity index (χ1v) is 19.5. The molecule has 2 aliphatic rings. The Labute approximate surface area is 302 Å². The van der Waals surface area contributed by atoms with Crippen LogP contribution in [0.15, 0.2) is 72.8 Å². The number of ether oxygens (including phenoxy) is 2. The summed E-state index contributed by atoms with van der Waals surface area (Å²) in [7, 11) is 0. The first kappa shape index (κ1) is 35.9. The van der Waals surface area contributed by atoms with Crippen LogP contribution in [0.3, 0.4) is 0 Å². The summed E-state index contributed by atoms with van der Waals surface area (Å²) in [5.41, 5.74) is 20.8. The molecule has 4 aromatic carbocycles. The van der Waals surface area contributed by atoms with Gasteiger partial charge >= 0.3 is 0 Å². The average molecular weight is 673 g/mol. The second-order valence-electron chi connectivity index (χ2n) is 15.8. The van der Waals surface area contributed by atoms with E-state index in [4.69, 9.17) is 20.9 Å². The standard InChI is InChI=1S/C46H60N2O2/c1-6-7-8-9-10-35-11-13-36(14-12-35)37-23-25-46(26-24-37,38-27-31(2)44(32(3)28-38)49-42-19-15-40(47)16-20-42)39-29-33(4)45(34(5)30-39)50-43-21-17-41(48)18-22-43/h15-22,27-30,35-37H,6-14,23-26,47-48H2,1-5H3. The highest BCUT2D eigenvalue weighted by atomic mass is 16.5. The van der Waals surface area contributed by atoms with Crippen LogP contribution in [0.2, 0.25) is 0 Å². The van der Waals surface area contributed by atoms with Crippen molar-refractivity contribution in [2.75, 3.05) is 11.5 Å². The third kappa shape index (κ3) is 8.17. The van der Waals surface area contributed by atoms with Crippen LogP contribution in [-0.2, 0) is 5.41 Å². The molecule has 0 bridgehead atoms. The Hall–Kier alpha value is -3.92. The Balaban J connectivity index is 1.27. The number of aryl methyl sites for hydroxylation is 4. The van der Waals surface area contributed by atoms with Crippen molar-refractivity contribution in [1.82, 2.24) is 0 Å². The van der Waals surface area contributed by atoms with Gasteiger partial charge in [-0.3, -0.25) is 0 Å². The lowest BCUT2D eigenvalue weighted by molar-refractivity contribution is 0.140. The Morgan fingerprint density at radius 3 is 1.40 bits per heavy atom. The van der Waals surface area contributed by atoms with Crippen LogP contribution in [0.4, 0.5) is 11.4 Å². The molecule has 4 nitrogen and oxygen atoms in total. The number of nitrogen functional groups attached to an aromatic ring is 2. The number of anilines is 2. The first-order chi connectivity index (χ1) is 24.1. The van der Waals surface area contributed by atoms with E-state index in [2.05, 4.69) is 58.9 Å². The third-order valence-corrected chi connectivity index (χ3v) is 12.1. The molecule has 0 unspecified atom stereocenters. The largest absolute Gasteiger partial charge is 0.457 e. The second kappa shape index (κ2) is 16.0. The van der Waals surface area contributed by atoms with Crippen LogP contribution in [0.1, 0.15) is 124 Å². The molecule has 0 radical (unpaired) electrons. The van der Waals surface area contributed by atoms with Crippen molar-refractivity contribution in [3.8, 4) is 23.0 Å². The number of hydrogen-bond donors (Lipinski definition) is 2. The maximum atomic E-state index is 6.46. The Morgan fingerprint density at radius 2 is 0.980 bits per heavy atom. The van der Waals surface area contributed by atoms with Crippen LogP contribution in [0, 0.1) is 45.4 Å². The van der Waals surface area contributed by atoms with Crippen LogP contribution >= 0.6 is 0 Å². The molecule has 4 aromatic rings. The lowest BCUT2D eigenvalue weighted by Crippen LogP contribution is -2.36. The quantitative estimate of drug-likeness (QED) is 0.116. The van der Waals surface area contributed by atoms with Crippen molar-refractivity contribution in [2.45, 2.75) is 124 Å². The molecule has 2 aliphatic carbocycles. The van der Waals surface area contributed by atoms with Crippen LogP contribution in [0.25, 0.3) is 0 Å². The van der Waals surface area contributed by atoms with Crippen molar-refractivity contribution >= 4 is 11.4 Å². The molecule has 6 rings (SSSR count). The molecule has 0 spiro atoms. The van der Waals surface area contributed by atoms with E-state index >= 15 is 0 Å². The summed E-state index contributed by atoms with van der Waals surface area (Å²) in [5.74, 6) is 6.18. The maximum absolute atomic E-state index is 6.46. The van der Waals surface area contributed by atoms with E-state index in [1.54, 1.807) is 0 Å². The predicted molar refractivity (Wildman–Crippen MR) is 211 cm³/mol. The van der Waals surface area contributed by atoms with Crippen LogP contribution in [0.5, 0.6) is 23.0 Å². The number of rotatable bonds is 12. The van der Waals surface area contributed by atoms with E-state index in [0.29, 0.717) is 0 Å². The third-order valence-electron chi connectivity index (χ3n) is 12.1. The van der Waals surface area contributed by atoms with Crippen LogP contribution < -0.4 is 20.9 Å². The predicted octanol–water partition coefficient (Wildman–Crippen LogP) is 12.9. The molecule has 0 aromatic heterocycles. The first-order valence-electron chi connectivity index (χ1n) is 19.5. The summed E-state index contributed by atoms with van der Waals surface area (Å²) >= 11 is 0. The fourth-order valence-electron chi connectivity index (χ4n) is 9.24. The lowest BCUT2D eigenvalue weighted by Gasteiger charge is -2.45. The molecule has 4 heteroatoms. The van der Waals surface area contributed by atoms with Crippen LogP contribution in [-0.4, -0.2) is 0 Å². The molecule has 0 amide bonds. The van der Waals surface area contributed by atoms with Gasteiger partial charge in [-0.25, -0.2) is 0 Å². The normalized spacial score (nSPS) is 19.3. The molecular formula is C46H60N2O2. The van der Waals surface area contributed by atoms with Crippen molar-refractivity contribution in [3.05, 3.63) is 106 Å². The van der Waals surface area contributed by atoms with E-state index in [-0.39, 0.29) is 5.41 Å². The molecule has 0 aliphatic heterocycles. The summed E-state index contributed by atoms with van der Waals surface area (Å²) in [6, 6.07) is 25.0. The highest BCUT2D eigenvalue weighted by Gasteiger charge is 2.42. The number of unbranched alkanes of at least 4 members (excludes halogenated alkanes) is 3. The van der Waals surface area contributed by atoms with E-state index < -0.39 is 0 Å². The molecule has 0 atom stereocenters. The van der Waals surface area contributed by atoms with Gasteiger partial charge in [0, 0.05) is 16.8 Å². The fourth-order valence-corrected chi connectivity index (χ4v) is 9.24. The molecule has 0 heterocycles. The summed E-state index contributed by atoms with van der Waals surface area (Å²) < 4.78 is 12.9. The summed E-state index contributed by atoms with van der Waals surface area (Å²) in [5, 5.41) is 0. The minimum Gasteiger partial charge on any atom is -0.457 e. The van der Waals surface area contributed by atoms with Gasteiger partial charge in [-0.1, -0.05) is 76.1 Å². The molecule has 0 saturated heterocycles. The smallest absolute Gasteiger partial charge is 0.133 e. The fraction of sp³-hybridized carbons (Fsp3) is 0.478. The second-order valence-corrected chi connectivity index (χ2v) is 15.8. The van der Waals surface area contributed by atoms with E-state index in [0.717, 1.165) is 52.1 Å². The van der Waals surface area contributed by atoms with E-state index in [9.17, 15) is 0 Å². The lowest BCUT2D eigenvalue weighted by atomic mass is 9.59. The zero-order valence-corrected chi connectivity index (χ0v) is 31.3. The molecule has 266 valence electrons. The Bertz CT molecular complexity index is 1560. The Kier molecular flexibility index (Phi) is 11.5. The van der Waals surface area contributed by atoms with Gasteiger partial charge in [0.1, 0.15) is 23.0 Å². The average Bonchev–Trinajstić information content (AvgIpc) is 3.11. The number of nitrogens with two attached hydrogens (primary N) is 2. The van der Waals surface area contributed by atoms with Gasteiger partial charge in [-0.2, -0.15) is 0 Å². The van der Waals surface area contributed by atoms with E-state index in [1.165, 1.54) is 117 Å². The van der Waals surface area contributed by atoms with Crippen molar-refractivity contribution < 1.29 is 9.47 Å². The van der Waals surface area contributed by atoms with Gasteiger partial charge in [0.15, 0.2) is 0 Å². The number of benzene rings is 4. The van der Waals surface area contributed by atoms with Crippen molar-refractivity contribution in [3.63, 3.8) is 0 Å². The number of hydrogen-bond acceptors (Lipinski definition) is 4. The maximum Gasteiger partial charge on any atom is 0.133 e. The topological polar surface area (TPSA) is 70.5 Å². The molecule has 2 fully saturated rings. The highest BCUT2D eigenvalue weighted by Crippen LogP contribution is 2.52. The van der Waals surface area contributed by atoms with Gasteiger partial charge in [0.05, 0.1) is 0 Å². The van der Waals surface area contributed by atoms with Crippen molar-refractivity contribution in [1.29, 1.82) is 0 Å². The summed E-state index contributed by atoms with van der Waals surface area (Å²) in [6.07, 6.45) is 17.7. The highest BCUT2D eigenvalue weighted by molar-refractivity contribution is 5.55. The molecule has 2 saturated carbocycles. The van der Waals surface area contributed by atoms with Crippen molar-refractivity contribution in [2.24, 2.45) is 17.8 Å². The molecule has 4 N–H and O–H groups in total. The van der Waals surface area contributed by atoms with Gasteiger partial charge < -0.3 is 20.9 Å². The SMILES string of the molecule is CCCCCCC1CCC(C2CCC(c3cc(C)c(Oc4ccc(N)cc4)c(C)c3)(c3cc(C)c(Oc4ccc(N)cc4)c(C)c3)CC2)CC1. The zero-order chi connectivity index (χ0) is 35.3. The minimum atomic E-state index is -0.0581. The monoisotopic (exact) mass is 672 g/mol. The van der Waals surface area contributed by atoms with E-state index in [1.807, 2.05) is 48.5 Å². The summed E-state index contributed by atoms with van der Waals surface area (Å²) in [4.78, 5) is 0. The van der Waals surface area contributed by atoms with Gasteiger partial charge in [0.25, 0.3) is 0 Å². The minimum absolute atomic E-state index is 0.0581. The summed E-state index contributed by atoms with van der Waals surface area (Å²) in [6.45, 7) is 11.1. The molecular weight excluding hydrogens is 613 g/mol. The Morgan fingerprint density at radius 1 is 0.560 bits per heavy atom. The van der Waals surface area contributed by atoms with Gasteiger partial charge in [0.2, 0.25) is 0 Å². The van der Waals surface area contributed by atoms with Gasteiger partial charge in [-0.15, -0.1) is 0 Å². The molecule has 50 heavy (non-hydrogen) atoms. The van der Waals surface area contributed by atoms with Gasteiger partial charge in [-0.05, 0) is 166 Å².